The molecule has 1 aliphatic carbocycles. The monoisotopic (exact) mass is 444 g/mol. The van der Waals surface area contributed by atoms with E-state index in [0.717, 1.165) is 51.2 Å². The fraction of sp³-hybridized carbons (Fsp3) is 0.379. The Morgan fingerprint density at radius 2 is 1.73 bits per heavy atom. The highest BCUT2D eigenvalue weighted by Crippen LogP contribution is 2.25. The minimum Gasteiger partial charge on any atom is -0.371 e. The van der Waals surface area contributed by atoms with Crippen LogP contribution < -0.4 is 0 Å². The molecule has 33 heavy (non-hydrogen) atoms. The lowest BCUT2D eigenvalue weighted by Gasteiger charge is -2.39. The predicted molar refractivity (Wildman–Crippen MR) is 145 cm³/mol. The van der Waals surface area contributed by atoms with Crippen molar-refractivity contribution in [2.24, 2.45) is 9.98 Å². The van der Waals surface area contributed by atoms with Crippen LogP contribution in [0, 0.1) is 0 Å². The van der Waals surface area contributed by atoms with E-state index in [1.807, 2.05) is 32.3 Å². The summed E-state index contributed by atoms with van der Waals surface area (Å²) in [5.74, 6) is 1.17. The zero-order valence-corrected chi connectivity index (χ0v) is 20.9. The molecule has 1 fully saturated rings. The minimum atomic E-state index is 1.01. The SMILES string of the molecule is C/C=C\C=C(C)C.C=C.CN=C1C=C(N2CCN(C3=CCCC=N3)CC2)Cc2ccccc21. The topological polar surface area (TPSA) is 31.2 Å². The molecule has 2 aliphatic heterocycles. The van der Waals surface area contributed by atoms with Crippen molar-refractivity contribution >= 4 is 11.9 Å². The van der Waals surface area contributed by atoms with E-state index in [0.29, 0.717) is 0 Å². The van der Waals surface area contributed by atoms with Gasteiger partial charge in [-0.2, -0.15) is 0 Å². The molecular formula is C29H40N4. The van der Waals surface area contributed by atoms with Gasteiger partial charge >= 0.3 is 0 Å². The van der Waals surface area contributed by atoms with E-state index in [9.17, 15) is 0 Å². The first-order valence-corrected chi connectivity index (χ1v) is 11.9. The summed E-state index contributed by atoms with van der Waals surface area (Å²) in [7, 11) is 1.89. The van der Waals surface area contributed by atoms with Crippen molar-refractivity contribution in [3.05, 3.63) is 96.0 Å². The Kier molecular flexibility index (Phi) is 11.2. The number of hydrogen-bond acceptors (Lipinski definition) is 4. The molecule has 2 heterocycles. The van der Waals surface area contributed by atoms with Crippen molar-refractivity contribution in [2.75, 3.05) is 33.2 Å². The van der Waals surface area contributed by atoms with Gasteiger partial charge < -0.3 is 9.80 Å². The molecule has 1 aromatic rings. The molecule has 0 amide bonds. The van der Waals surface area contributed by atoms with E-state index in [-0.39, 0.29) is 0 Å². The van der Waals surface area contributed by atoms with E-state index in [1.165, 1.54) is 28.2 Å². The second kappa shape index (κ2) is 14.1. The second-order valence-corrected chi connectivity index (χ2v) is 8.27. The van der Waals surface area contributed by atoms with Gasteiger partial charge in [-0.15, -0.1) is 13.2 Å². The van der Waals surface area contributed by atoms with Gasteiger partial charge in [0.15, 0.2) is 0 Å². The summed E-state index contributed by atoms with van der Waals surface area (Å²) in [5.41, 5.74) is 6.52. The molecule has 3 aliphatic rings. The van der Waals surface area contributed by atoms with Crippen LogP contribution in [0.25, 0.3) is 0 Å². The standard InChI is InChI=1S/C20H24N4.C7H12.C2H4/c1-21-19-15-17(14-16-6-2-3-7-18(16)19)23-10-12-24(13-11-23)20-8-4-5-9-22-20;1-4-5-6-7(2)3;1-2/h2-3,6-9,15H,4-5,10-14H2,1H3;4-6H,1-3H3;1-2H2/b;5-4-;. The van der Waals surface area contributed by atoms with Crippen molar-refractivity contribution in [1.82, 2.24) is 9.80 Å². The van der Waals surface area contributed by atoms with Crippen LogP contribution in [0.15, 0.2) is 94.9 Å². The highest BCUT2D eigenvalue weighted by molar-refractivity contribution is 6.11. The molecule has 0 aromatic heterocycles. The molecule has 4 heteroatoms. The van der Waals surface area contributed by atoms with Gasteiger partial charge in [0.1, 0.15) is 5.82 Å². The molecule has 1 aromatic carbocycles. The Morgan fingerprint density at radius 3 is 2.30 bits per heavy atom. The van der Waals surface area contributed by atoms with Crippen LogP contribution in [0.5, 0.6) is 0 Å². The first kappa shape index (κ1) is 26.1. The lowest BCUT2D eigenvalue weighted by molar-refractivity contribution is 0.187. The number of aliphatic imine (C=N–C) groups is 2. The summed E-state index contributed by atoms with van der Waals surface area (Å²) in [6, 6.07) is 8.63. The summed E-state index contributed by atoms with van der Waals surface area (Å²) in [5, 5.41) is 0. The van der Waals surface area contributed by atoms with Crippen LogP contribution in [-0.4, -0.2) is 55.0 Å². The lowest BCUT2D eigenvalue weighted by atomic mass is 9.92. The van der Waals surface area contributed by atoms with Crippen molar-refractivity contribution in [2.45, 2.75) is 40.0 Å². The molecule has 4 nitrogen and oxygen atoms in total. The number of nitrogens with zero attached hydrogens (tertiary/aromatic N) is 4. The third-order valence-corrected chi connectivity index (χ3v) is 5.69. The molecule has 0 N–H and O–H groups in total. The molecule has 0 saturated carbocycles. The average Bonchev–Trinajstić information content (AvgIpc) is 2.89. The smallest absolute Gasteiger partial charge is 0.124 e. The summed E-state index contributed by atoms with van der Waals surface area (Å²) in [4.78, 5) is 14.0. The first-order valence-electron chi connectivity index (χ1n) is 11.9. The summed E-state index contributed by atoms with van der Waals surface area (Å²) in [6.07, 6.45) is 15.9. The van der Waals surface area contributed by atoms with Crippen LogP contribution in [-0.2, 0) is 6.42 Å². The average molecular weight is 445 g/mol. The van der Waals surface area contributed by atoms with Gasteiger partial charge in [0, 0.05) is 57.1 Å². The number of benzene rings is 1. The molecule has 0 unspecified atom stereocenters. The van der Waals surface area contributed by atoms with Crippen molar-refractivity contribution in [3.63, 3.8) is 0 Å². The molecule has 0 radical (unpaired) electrons. The number of fused-ring (bicyclic) bond motifs is 1. The molecule has 0 spiro atoms. The van der Waals surface area contributed by atoms with Crippen LogP contribution >= 0.6 is 0 Å². The van der Waals surface area contributed by atoms with E-state index in [1.54, 1.807) is 0 Å². The van der Waals surface area contributed by atoms with Gasteiger partial charge in [-0.1, -0.05) is 48.1 Å². The quantitative estimate of drug-likeness (QED) is 0.410. The fourth-order valence-electron chi connectivity index (χ4n) is 4.01. The maximum absolute atomic E-state index is 4.56. The molecule has 0 bridgehead atoms. The number of allylic oxidation sites excluding steroid dienone is 7. The Morgan fingerprint density at radius 1 is 1.03 bits per heavy atom. The fourth-order valence-corrected chi connectivity index (χ4v) is 4.01. The van der Waals surface area contributed by atoms with Gasteiger partial charge in [-0.25, -0.2) is 4.99 Å². The van der Waals surface area contributed by atoms with Crippen molar-refractivity contribution < 1.29 is 0 Å². The van der Waals surface area contributed by atoms with Crippen molar-refractivity contribution in [3.8, 4) is 0 Å². The van der Waals surface area contributed by atoms with Crippen LogP contribution in [0.2, 0.25) is 0 Å². The maximum Gasteiger partial charge on any atom is 0.124 e. The van der Waals surface area contributed by atoms with Gasteiger partial charge in [0.25, 0.3) is 0 Å². The Bertz CT molecular complexity index is 934. The Labute approximate surface area is 201 Å². The zero-order chi connectivity index (χ0) is 24.1. The van der Waals surface area contributed by atoms with Gasteiger partial charge in [0.2, 0.25) is 0 Å². The van der Waals surface area contributed by atoms with Crippen LogP contribution in [0.1, 0.15) is 44.7 Å². The normalized spacial score (nSPS) is 18.4. The third kappa shape index (κ3) is 7.74. The van der Waals surface area contributed by atoms with E-state index in [2.05, 4.69) is 89.3 Å². The predicted octanol–water partition coefficient (Wildman–Crippen LogP) is 6.20. The minimum absolute atomic E-state index is 1.01. The molecular weight excluding hydrogens is 404 g/mol. The number of hydrogen-bond donors (Lipinski definition) is 0. The molecule has 0 atom stereocenters. The maximum atomic E-state index is 4.56. The Hall–Kier alpha value is -3.14. The second-order valence-electron chi connectivity index (χ2n) is 8.27. The molecule has 176 valence electrons. The largest absolute Gasteiger partial charge is 0.371 e. The summed E-state index contributed by atoms with van der Waals surface area (Å²) in [6.45, 7) is 16.4. The summed E-state index contributed by atoms with van der Waals surface area (Å²) >= 11 is 0. The highest BCUT2D eigenvalue weighted by Gasteiger charge is 2.24. The van der Waals surface area contributed by atoms with Gasteiger partial charge in [-0.3, -0.25) is 4.99 Å². The third-order valence-electron chi connectivity index (χ3n) is 5.69. The lowest BCUT2D eigenvalue weighted by Crippen LogP contribution is -2.46. The first-order chi connectivity index (χ1) is 16.1. The van der Waals surface area contributed by atoms with Crippen LogP contribution in [0.4, 0.5) is 0 Å². The number of rotatable bonds is 3. The van der Waals surface area contributed by atoms with Gasteiger partial charge in [0.05, 0.1) is 5.71 Å². The Balaban J connectivity index is 0.000000370. The van der Waals surface area contributed by atoms with Crippen molar-refractivity contribution in [1.29, 1.82) is 0 Å². The van der Waals surface area contributed by atoms with Gasteiger partial charge in [-0.05, 0) is 51.3 Å². The van der Waals surface area contributed by atoms with Crippen LogP contribution in [0.3, 0.4) is 0 Å². The van der Waals surface area contributed by atoms with E-state index in [4.69, 9.17) is 0 Å². The van der Waals surface area contributed by atoms with E-state index < -0.39 is 0 Å². The number of piperazine rings is 1. The summed E-state index contributed by atoms with van der Waals surface area (Å²) < 4.78 is 0. The van der Waals surface area contributed by atoms with E-state index >= 15 is 0 Å². The highest BCUT2D eigenvalue weighted by atomic mass is 15.3. The molecule has 4 rings (SSSR count). The molecule has 1 saturated heterocycles. The zero-order valence-electron chi connectivity index (χ0n) is 20.9.